The molecule has 0 saturated carbocycles. The third-order valence-corrected chi connectivity index (χ3v) is 7.19. The molecule has 0 saturated heterocycles. The topological polar surface area (TPSA) is 138 Å². The van der Waals surface area contributed by atoms with Crippen molar-refractivity contribution < 1.29 is 14.3 Å². The molecule has 0 amide bonds. The second-order valence-electron chi connectivity index (χ2n) is 7.07. The van der Waals surface area contributed by atoms with Crippen LogP contribution in [-0.2, 0) is 4.74 Å². The van der Waals surface area contributed by atoms with Gasteiger partial charge in [0.05, 0.1) is 24.4 Å². The highest BCUT2D eigenvalue weighted by Gasteiger charge is 2.23. The SMILES string of the molecule is CCOC(=O)c1sc2nc(C(C)Sc3nnc(-c4ccc(OC)cc4)n3N)[nH]c(=O)c2c1C. The number of nitrogens with two attached hydrogens (primary N) is 1. The zero-order valence-electron chi connectivity index (χ0n) is 18.4. The molecular weight excluding hydrogens is 464 g/mol. The van der Waals surface area contributed by atoms with E-state index in [4.69, 9.17) is 15.3 Å². The van der Waals surface area contributed by atoms with Crippen LogP contribution in [-0.4, -0.2) is 44.5 Å². The predicted octanol–water partition coefficient (Wildman–Crippen LogP) is 3.30. The summed E-state index contributed by atoms with van der Waals surface area (Å²) in [5.41, 5.74) is 1.05. The fourth-order valence-corrected chi connectivity index (χ4v) is 5.16. The molecule has 4 aromatic rings. The molecule has 3 heterocycles. The molecule has 0 fully saturated rings. The van der Waals surface area contributed by atoms with E-state index in [1.807, 2.05) is 31.2 Å². The smallest absolute Gasteiger partial charge is 0.348 e. The second kappa shape index (κ2) is 9.24. The molecule has 0 bridgehead atoms. The maximum atomic E-state index is 12.8. The summed E-state index contributed by atoms with van der Waals surface area (Å²) in [6.45, 7) is 5.59. The quantitative estimate of drug-likeness (QED) is 0.229. The van der Waals surface area contributed by atoms with Crippen LogP contribution in [0.3, 0.4) is 0 Å². The molecule has 12 heteroatoms. The average Bonchev–Trinajstić information content (AvgIpc) is 3.34. The summed E-state index contributed by atoms with van der Waals surface area (Å²) < 4.78 is 11.7. The van der Waals surface area contributed by atoms with E-state index < -0.39 is 5.97 Å². The summed E-state index contributed by atoms with van der Waals surface area (Å²) in [5.74, 6) is 7.45. The van der Waals surface area contributed by atoms with Crippen molar-refractivity contribution in [3.63, 3.8) is 0 Å². The second-order valence-corrected chi connectivity index (χ2v) is 9.38. The Hall–Kier alpha value is -3.38. The van der Waals surface area contributed by atoms with Gasteiger partial charge in [0, 0.05) is 5.56 Å². The number of H-pyrrole nitrogens is 1. The van der Waals surface area contributed by atoms with Crippen molar-refractivity contribution in [2.24, 2.45) is 0 Å². The number of rotatable bonds is 7. The predicted molar refractivity (Wildman–Crippen MR) is 127 cm³/mol. The summed E-state index contributed by atoms with van der Waals surface area (Å²) in [7, 11) is 1.60. The maximum absolute atomic E-state index is 12.8. The van der Waals surface area contributed by atoms with Crippen molar-refractivity contribution in [2.45, 2.75) is 31.2 Å². The van der Waals surface area contributed by atoms with Crippen LogP contribution in [0.2, 0.25) is 0 Å². The van der Waals surface area contributed by atoms with Crippen LogP contribution in [0.5, 0.6) is 5.75 Å². The monoisotopic (exact) mass is 486 g/mol. The van der Waals surface area contributed by atoms with E-state index in [0.717, 1.165) is 22.6 Å². The number of nitrogens with zero attached hydrogens (tertiary/aromatic N) is 4. The fraction of sp³-hybridized carbons (Fsp3) is 0.286. The number of esters is 1. The molecule has 3 N–H and O–H groups in total. The number of hydrogen-bond acceptors (Lipinski definition) is 10. The van der Waals surface area contributed by atoms with Gasteiger partial charge in [0.25, 0.3) is 5.56 Å². The third-order valence-electron chi connectivity index (χ3n) is 4.96. The van der Waals surface area contributed by atoms with E-state index in [2.05, 4.69) is 20.2 Å². The van der Waals surface area contributed by atoms with E-state index in [0.29, 0.717) is 37.5 Å². The van der Waals surface area contributed by atoms with E-state index >= 15 is 0 Å². The number of nitrogen functional groups attached to an aromatic ring is 1. The number of hydrogen-bond donors (Lipinski definition) is 2. The van der Waals surface area contributed by atoms with Gasteiger partial charge in [-0.2, -0.15) is 0 Å². The maximum Gasteiger partial charge on any atom is 0.348 e. The Balaban J connectivity index is 1.61. The van der Waals surface area contributed by atoms with Crippen molar-refractivity contribution in [2.75, 3.05) is 19.6 Å². The number of thioether (sulfide) groups is 1. The lowest BCUT2D eigenvalue weighted by Gasteiger charge is -2.10. The van der Waals surface area contributed by atoms with Gasteiger partial charge in [-0.15, -0.1) is 21.5 Å². The highest BCUT2D eigenvalue weighted by atomic mass is 32.2. The van der Waals surface area contributed by atoms with Gasteiger partial charge in [-0.3, -0.25) is 4.79 Å². The van der Waals surface area contributed by atoms with Gasteiger partial charge in [0.1, 0.15) is 21.3 Å². The molecule has 1 atom stereocenters. The first-order chi connectivity index (χ1) is 15.8. The highest BCUT2D eigenvalue weighted by molar-refractivity contribution is 7.99. The number of benzene rings is 1. The number of thiophene rings is 1. The summed E-state index contributed by atoms with van der Waals surface area (Å²) >= 11 is 2.46. The van der Waals surface area contributed by atoms with Crippen molar-refractivity contribution in [1.82, 2.24) is 24.8 Å². The summed E-state index contributed by atoms with van der Waals surface area (Å²) in [4.78, 5) is 33.2. The number of nitrogens with one attached hydrogen (secondary N) is 1. The van der Waals surface area contributed by atoms with Gasteiger partial charge in [0.15, 0.2) is 5.82 Å². The van der Waals surface area contributed by atoms with Gasteiger partial charge >= 0.3 is 5.97 Å². The van der Waals surface area contributed by atoms with E-state index in [1.165, 1.54) is 16.4 Å². The fourth-order valence-electron chi connectivity index (χ4n) is 3.25. The van der Waals surface area contributed by atoms with Crippen LogP contribution in [0.25, 0.3) is 21.6 Å². The number of carbonyl (C=O) groups excluding carboxylic acids is 1. The first kappa shape index (κ1) is 22.8. The van der Waals surface area contributed by atoms with Crippen molar-refractivity contribution in [1.29, 1.82) is 0 Å². The zero-order chi connectivity index (χ0) is 23.7. The Bertz CT molecular complexity index is 1380. The van der Waals surface area contributed by atoms with Crippen LogP contribution < -0.4 is 16.1 Å². The summed E-state index contributed by atoms with van der Waals surface area (Å²) in [6.07, 6.45) is 0. The first-order valence-electron chi connectivity index (χ1n) is 10.1. The van der Waals surface area contributed by atoms with Crippen molar-refractivity contribution in [3.8, 4) is 17.1 Å². The van der Waals surface area contributed by atoms with Gasteiger partial charge in [0.2, 0.25) is 5.16 Å². The normalized spacial score (nSPS) is 12.1. The highest BCUT2D eigenvalue weighted by Crippen LogP contribution is 2.34. The molecule has 0 spiro atoms. The first-order valence-corrected chi connectivity index (χ1v) is 11.8. The Morgan fingerprint density at radius 1 is 1.30 bits per heavy atom. The van der Waals surface area contributed by atoms with E-state index in [1.54, 1.807) is 21.0 Å². The number of fused-ring (bicyclic) bond motifs is 1. The Morgan fingerprint density at radius 2 is 2.03 bits per heavy atom. The minimum Gasteiger partial charge on any atom is -0.497 e. The number of aryl methyl sites for hydroxylation is 1. The molecule has 1 unspecified atom stereocenters. The minimum absolute atomic E-state index is 0.257. The lowest BCUT2D eigenvalue weighted by Crippen LogP contribution is -2.14. The minimum atomic E-state index is -0.455. The summed E-state index contributed by atoms with van der Waals surface area (Å²) in [5, 5.41) is 8.95. The molecule has 4 rings (SSSR count). The van der Waals surface area contributed by atoms with Crippen LogP contribution in [0.15, 0.2) is 34.2 Å². The van der Waals surface area contributed by atoms with Crippen molar-refractivity contribution in [3.05, 3.63) is 50.9 Å². The van der Waals surface area contributed by atoms with E-state index in [9.17, 15) is 9.59 Å². The van der Waals surface area contributed by atoms with Crippen LogP contribution >= 0.6 is 23.1 Å². The van der Waals surface area contributed by atoms with Crippen molar-refractivity contribution >= 4 is 39.3 Å². The number of aromatic nitrogens is 5. The Kier molecular flexibility index (Phi) is 6.38. The van der Waals surface area contributed by atoms with Gasteiger partial charge in [-0.25, -0.2) is 14.5 Å². The lowest BCUT2D eigenvalue weighted by atomic mass is 10.2. The zero-order valence-corrected chi connectivity index (χ0v) is 20.0. The summed E-state index contributed by atoms with van der Waals surface area (Å²) in [6, 6.07) is 7.32. The van der Waals surface area contributed by atoms with Gasteiger partial charge in [-0.05, 0) is 50.6 Å². The third kappa shape index (κ3) is 4.31. The molecular formula is C21H22N6O4S2. The molecule has 0 aliphatic heterocycles. The Morgan fingerprint density at radius 3 is 2.70 bits per heavy atom. The van der Waals surface area contributed by atoms with Gasteiger partial charge in [-0.1, -0.05) is 11.8 Å². The standard InChI is InChI=1S/C21H22N6O4S2/c1-5-31-20(29)15-10(2)14-18(28)23-16(24-19(14)33-15)11(3)32-21-26-25-17(27(21)22)12-6-8-13(30-4)9-7-12/h6-9,11H,5,22H2,1-4H3,(H,23,24,28). The molecule has 33 heavy (non-hydrogen) atoms. The number of aromatic amines is 1. The molecule has 3 aromatic heterocycles. The molecule has 1 aromatic carbocycles. The van der Waals surface area contributed by atoms with E-state index in [-0.39, 0.29) is 17.4 Å². The number of methoxy groups -OCH3 is 1. The number of ether oxygens (including phenoxy) is 2. The van der Waals surface area contributed by atoms with Gasteiger partial charge < -0.3 is 20.3 Å². The Labute approximate surface area is 197 Å². The number of carbonyl (C=O) groups is 1. The molecule has 10 nitrogen and oxygen atoms in total. The van der Waals surface area contributed by atoms with Crippen LogP contribution in [0.1, 0.15) is 40.2 Å². The molecule has 0 radical (unpaired) electrons. The van der Waals surface area contributed by atoms with Crippen LogP contribution in [0.4, 0.5) is 0 Å². The molecule has 172 valence electrons. The molecule has 0 aliphatic carbocycles. The lowest BCUT2D eigenvalue weighted by molar-refractivity contribution is 0.0531. The van der Waals surface area contributed by atoms with Crippen LogP contribution in [0, 0.1) is 6.92 Å². The molecule has 0 aliphatic rings. The average molecular weight is 487 g/mol. The largest absolute Gasteiger partial charge is 0.497 e.